The van der Waals surface area contributed by atoms with Crippen molar-refractivity contribution in [1.29, 1.82) is 0 Å². The van der Waals surface area contributed by atoms with Crippen LogP contribution in [0.5, 0.6) is 0 Å². The summed E-state index contributed by atoms with van der Waals surface area (Å²) in [6.45, 7) is 0. The summed E-state index contributed by atoms with van der Waals surface area (Å²) in [5.41, 5.74) is 0.655. The average Bonchev–Trinajstić information content (AvgIpc) is 2.78. The molecule has 0 atom stereocenters. The van der Waals surface area contributed by atoms with Crippen molar-refractivity contribution in [2.75, 3.05) is 5.32 Å². The second kappa shape index (κ2) is 5.75. The summed E-state index contributed by atoms with van der Waals surface area (Å²) in [6.07, 6.45) is 0. The van der Waals surface area contributed by atoms with Crippen LogP contribution >= 0.6 is 38.9 Å². The lowest BCUT2D eigenvalue weighted by Gasteiger charge is -2.05. The molecule has 1 aromatic heterocycles. The number of halogens is 3. The number of hydrogen-bond acceptors (Lipinski definition) is 2. The van der Waals surface area contributed by atoms with Gasteiger partial charge in [-0.3, -0.25) is 4.79 Å². The third-order valence-electron chi connectivity index (χ3n) is 2.92. The van der Waals surface area contributed by atoms with Gasteiger partial charge < -0.3 is 5.32 Å². The van der Waals surface area contributed by atoms with Crippen LogP contribution in [0.15, 0.2) is 46.9 Å². The van der Waals surface area contributed by atoms with Crippen LogP contribution in [0.2, 0.25) is 5.02 Å². The number of carbonyl (C=O) groups is 1. The second-order valence-electron chi connectivity index (χ2n) is 4.32. The third-order valence-corrected chi connectivity index (χ3v) is 5.27. The predicted octanol–water partition coefficient (Wildman–Crippen LogP) is 5.71. The average molecular weight is 385 g/mol. The van der Waals surface area contributed by atoms with Gasteiger partial charge in [-0.25, -0.2) is 4.39 Å². The molecule has 3 rings (SSSR count). The Labute approximate surface area is 137 Å². The smallest absolute Gasteiger partial charge is 0.267 e. The van der Waals surface area contributed by atoms with Gasteiger partial charge in [-0.1, -0.05) is 23.7 Å². The van der Waals surface area contributed by atoms with Crippen LogP contribution in [0.25, 0.3) is 10.1 Å². The van der Waals surface area contributed by atoms with E-state index in [1.54, 1.807) is 12.1 Å². The molecule has 1 amide bonds. The van der Waals surface area contributed by atoms with E-state index in [2.05, 4.69) is 21.2 Å². The Morgan fingerprint density at radius 2 is 2.00 bits per heavy atom. The monoisotopic (exact) mass is 383 g/mol. The van der Waals surface area contributed by atoms with Crippen LogP contribution in [-0.2, 0) is 0 Å². The lowest BCUT2D eigenvalue weighted by molar-refractivity contribution is 0.103. The zero-order chi connectivity index (χ0) is 15.0. The summed E-state index contributed by atoms with van der Waals surface area (Å²) in [5.74, 6) is -0.660. The maximum atomic E-state index is 13.2. The molecule has 0 saturated heterocycles. The zero-order valence-corrected chi connectivity index (χ0v) is 13.7. The van der Waals surface area contributed by atoms with Gasteiger partial charge in [-0.05, 0) is 46.3 Å². The number of carbonyl (C=O) groups excluding carboxylic acids is 1. The van der Waals surface area contributed by atoms with E-state index >= 15 is 0 Å². The molecule has 0 aliphatic heterocycles. The van der Waals surface area contributed by atoms with Crippen LogP contribution in [0, 0.1) is 5.82 Å². The Bertz CT molecular complexity index is 849. The van der Waals surface area contributed by atoms with E-state index in [1.165, 1.54) is 23.5 Å². The molecule has 0 bridgehead atoms. The van der Waals surface area contributed by atoms with E-state index in [-0.39, 0.29) is 11.7 Å². The molecule has 0 spiro atoms. The van der Waals surface area contributed by atoms with Gasteiger partial charge in [-0.15, -0.1) is 11.3 Å². The van der Waals surface area contributed by atoms with Gasteiger partial charge in [0.05, 0.1) is 10.7 Å². The molecule has 106 valence electrons. The van der Waals surface area contributed by atoms with Crippen molar-refractivity contribution in [2.24, 2.45) is 0 Å². The largest absolute Gasteiger partial charge is 0.320 e. The molecule has 0 aliphatic rings. The first kappa shape index (κ1) is 14.5. The Balaban J connectivity index is 1.98. The molecule has 21 heavy (non-hydrogen) atoms. The van der Waals surface area contributed by atoms with E-state index in [1.807, 2.05) is 18.2 Å². The van der Waals surface area contributed by atoms with Crippen molar-refractivity contribution in [2.45, 2.75) is 0 Å². The van der Waals surface area contributed by atoms with Crippen molar-refractivity contribution in [3.8, 4) is 0 Å². The van der Waals surface area contributed by atoms with Gasteiger partial charge in [0.15, 0.2) is 0 Å². The quantitative estimate of drug-likeness (QED) is 0.602. The second-order valence-corrected chi connectivity index (χ2v) is 6.60. The molecule has 6 heteroatoms. The Morgan fingerprint density at radius 1 is 1.24 bits per heavy atom. The highest BCUT2D eigenvalue weighted by atomic mass is 79.9. The highest BCUT2D eigenvalue weighted by molar-refractivity contribution is 9.10. The Hall–Kier alpha value is -1.43. The van der Waals surface area contributed by atoms with Crippen molar-refractivity contribution >= 4 is 60.5 Å². The summed E-state index contributed by atoms with van der Waals surface area (Å²) in [7, 11) is 0. The van der Waals surface area contributed by atoms with Gasteiger partial charge in [0.25, 0.3) is 5.91 Å². The summed E-state index contributed by atoms with van der Waals surface area (Å²) >= 11 is 10.8. The van der Waals surface area contributed by atoms with E-state index < -0.39 is 0 Å². The fraction of sp³-hybridized carbons (Fsp3) is 0. The first-order valence-electron chi connectivity index (χ1n) is 5.99. The highest BCUT2D eigenvalue weighted by Crippen LogP contribution is 2.36. The number of anilines is 1. The minimum Gasteiger partial charge on any atom is -0.320 e. The normalized spacial score (nSPS) is 10.8. The highest BCUT2D eigenvalue weighted by Gasteiger charge is 2.18. The third kappa shape index (κ3) is 2.81. The lowest BCUT2D eigenvalue weighted by Crippen LogP contribution is -2.10. The molecule has 0 unspecified atom stereocenters. The summed E-state index contributed by atoms with van der Waals surface area (Å²) < 4.78 is 14.7. The standard InChI is InChI=1S/C15H8BrClFNOS/c16-10-3-1-2-4-11(10)19-15(20)14-13(17)9-6-5-8(18)7-12(9)21-14/h1-7H,(H,19,20). The minimum atomic E-state index is -0.349. The molecule has 3 aromatic rings. The van der Waals surface area contributed by atoms with E-state index in [0.717, 1.165) is 4.47 Å². The SMILES string of the molecule is O=C(Nc1ccccc1Br)c1sc2cc(F)ccc2c1Cl. The van der Waals surface area contributed by atoms with Crippen LogP contribution in [0.1, 0.15) is 9.67 Å². The maximum absolute atomic E-state index is 13.2. The van der Waals surface area contributed by atoms with Crippen molar-refractivity contribution in [3.63, 3.8) is 0 Å². The molecule has 1 heterocycles. The number of amides is 1. The van der Waals surface area contributed by atoms with Crippen molar-refractivity contribution in [3.05, 3.63) is 62.7 Å². The molecule has 2 aromatic carbocycles. The number of nitrogens with one attached hydrogen (secondary N) is 1. The first-order valence-corrected chi connectivity index (χ1v) is 7.98. The molecule has 0 saturated carbocycles. The number of hydrogen-bond donors (Lipinski definition) is 1. The summed E-state index contributed by atoms with van der Waals surface area (Å²) in [6, 6.07) is 11.6. The lowest BCUT2D eigenvalue weighted by atomic mass is 10.2. The number of fused-ring (bicyclic) bond motifs is 1. The van der Waals surface area contributed by atoms with Crippen molar-refractivity contribution in [1.82, 2.24) is 0 Å². The van der Waals surface area contributed by atoms with Crippen LogP contribution in [0.3, 0.4) is 0 Å². The van der Waals surface area contributed by atoms with Gasteiger partial charge in [0.2, 0.25) is 0 Å². The Kier molecular flexibility index (Phi) is 3.97. The van der Waals surface area contributed by atoms with E-state index in [4.69, 9.17) is 11.6 Å². The van der Waals surface area contributed by atoms with Crippen LogP contribution in [0.4, 0.5) is 10.1 Å². The van der Waals surface area contributed by atoms with Crippen molar-refractivity contribution < 1.29 is 9.18 Å². The molecule has 0 radical (unpaired) electrons. The molecular formula is C15H8BrClFNOS. The molecule has 0 aliphatic carbocycles. The number of para-hydroxylation sites is 1. The van der Waals surface area contributed by atoms with Gasteiger partial charge in [0, 0.05) is 14.6 Å². The van der Waals surface area contributed by atoms with E-state index in [9.17, 15) is 9.18 Å². The Morgan fingerprint density at radius 3 is 2.76 bits per heavy atom. The molecule has 1 N–H and O–H groups in total. The first-order chi connectivity index (χ1) is 10.1. The van der Waals surface area contributed by atoms with Crippen LogP contribution in [-0.4, -0.2) is 5.91 Å². The topological polar surface area (TPSA) is 29.1 Å². The number of thiophene rings is 1. The number of benzene rings is 2. The zero-order valence-electron chi connectivity index (χ0n) is 10.5. The molecule has 0 fully saturated rings. The number of rotatable bonds is 2. The molecule has 2 nitrogen and oxygen atoms in total. The maximum Gasteiger partial charge on any atom is 0.267 e. The molecular weight excluding hydrogens is 377 g/mol. The van der Waals surface area contributed by atoms with Gasteiger partial charge in [0.1, 0.15) is 10.7 Å². The summed E-state index contributed by atoms with van der Waals surface area (Å²) in [4.78, 5) is 12.7. The minimum absolute atomic E-state index is 0.312. The van der Waals surface area contributed by atoms with Crippen LogP contribution < -0.4 is 5.32 Å². The van der Waals surface area contributed by atoms with E-state index in [0.29, 0.717) is 25.7 Å². The fourth-order valence-electron chi connectivity index (χ4n) is 1.93. The predicted molar refractivity (Wildman–Crippen MR) is 88.9 cm³/mol. The summed E-state index contributed by atoms with van der Waals surface area (Å²) in [5, 5.41) is 3.82. The van der Waals surface area contributed by atoms with Gasteiger partial charge in [-0.2, -0.15) is 0 Å². The van der Waals surface area contributed by atoms with Gasteiger partial charge >= 0.3 is 0 Å². The fourth-order valence-corrected chi connectivity index (χ4v) is 3.75.